The van der Waals surface area contributed by atoms with Gasteiger partial charge in [0.25, 0.3) is 0 Å². The lowest BCUT2D eigenvalue weighted by Crippen LogP contribution is -2.50. The summed E-state index contributed by atoms with van der Waals surface area (Å²) in [5.74, 6) is 5.50. The lowest BCUT2D eigenvalue weighted by atomic mass is 9.92. The van der Waals surface area contributed by atoms with Gasteiger partial charge in [-0.2, -0.15) is 9.82 Å². The SMILES string of the molecule is CCOC(=O)CCN(C(=O)[C@H](CC[C@@H]1CCCN(C=NN)C1)NS(=O)(=O)c1ccc(C2CCCC2)cc1)C1CC1. The third-order valence-electron chi connectivity index (χ3n) is 8.39. The van der Waals surface area contributed by atoms with Crippen molar-refractivity contribution in [3.8, 4) is 0 Å². The highest BCUT2D eigenvalue weighted by Gasteiger charge is 2.38. The van der Waals surface area contributed by atoms with Crippen LogP contribution in [0.25, 0.3) is 0 Å². The Morgan fingerprint density at radius 2 is 1.88 bits per heavy atom. The zero-order chi connectivity index (χ0) is 28.5. The van der Waals surface area contributed by atoms with Gasteiger partial charge in [-0.25, -0.2) is 8.42 Å². The molecule has 1 saturated heterocycles. The van der Waals surface area contributed by atoms with Gasteiger partial charge in [-0.1, -0.05) is 25.0 Å². The van der Waals surface area contributed by atoms with Gasteiger partial charge in [-0.15, -0.1) is 0 Å². The van der Waals surface area contributed by atoms with Crippen LogP contribution < -0.4 is 10.6 Å². The van der Waals surface area contributed by atoms with Crippen molar-refractivity contribution in [3.63, 3.8) is 0 Å². The highest BCUT2D eigenvalue weighted by atomic mass is 32.2. The number of carbonyl (C=O) groups is 2. The molecule has 2 saturated carbocycles. The summed E-state index contributed by atoms with van der Waals surface area (Å²) in [6.07, 6.45) is 11.2. The number of nitrogens with one attached hydrogen (secondary N) is 1. The number of carbonyl (C=O) groups excluding carboxylic acids is 2. The summed E-state index contributed by atoms with van der Waals surface area (Å²) >= 11 is 0. The molecule has 1 amide bonds. The Balaban J connectivity index is 1.48. The molecule has 2 aliphatic carbocycles. The summed E-state index contributed by atoms with van der Waals surface area (Å²) in [5, 5.41) is 3.64. The fourth-order valence-corrected chi connectivity index (χ4v) is 7.33. The van der Waals surface area contributed by atoms with Crippen LogP contribution in [0.5, 0.6) is 0 Å². The predicted octanol–water partition coefficient (Wildman–Crippen LogP) is 3.33. The van der Waals surface area contributed by atoms with Gasteiger partial charge in [0.2, 0.25) is 15.9 Å². The number of nitrogens with zero attached hydrogens (tertiary/aromatic N) is 3. The number of hydrogen-bond donors (Lipinski definition) is 2. The Kier molecular flexibility index (Phi) is 10.8. The van der Waals surface area contributed by atoms with Crippen molar-refractivity contribution in [2.75, 3.05) is 26.2 Å². The molecule has 10 nitrogen and oxygen atoms in total. The minimum Gasteiger partial charge on any atom is -0.466 e. The molecule has 11 heteroatoms. The van der Waals surface area contributed by atoms with E-state index in [1.807, 2.05) is 12.1 Å². The van der Waals surface area contributed by atoms with E-state index in [-0.39, 0.29) is 42.4 Å². The van der Waals surface area contributed by atoms with E-state index in [1.54, 1.807) is 30.3 Å². The van der Waals surface area contributed by atoms with Crippen LogP contribution in [0.1, 0.15) is 89.0 Å². The molecule has 0 radical (unpaired) electrons. The van der Waals surface area contributed by atoms with Crippen molar-refractivity contribution >= 4 is 28.2 Å². The summed E-state index contributed by atoms with van der Waals surface area (Å²) in [7, 11) is -3.93. The minimum absolute atomic E-state index is 0.0329. The first-order valence-electron chi connectivity index (χ1n) is 14.9. The number of piperidine rings is 1. The lowest BCUT2D eigenvalue weighted by Gasteiger charge is -2.33. The highest BCUT2D eigenvalue weighted by molar-refractivity contribution is 7.89. The molecule has 0 aromatic heterocycles. The van der Waals surface area contributed by atoms with Crippen LogP contribution in [0.15, 0.2) is 34.3 Å². The molecule has 1 aromatic rings. The number of nitrogens with two attached hydrogens (primary N) is 1. The van der Waals surface area contributed by atoms with Crippen molar-refractivity contribution in [2.24, 2.45) is 16.9 Å². The van der Waals surface area contributed by atoms with Gasteiger partial charge in [0.05, 0.1) is 17.9 Å². The molecule has 1 aliphatic heterocycles. The van der Waals surface area contributed by atoms with Crippen molar-refractivity contribution in [3.05, 3.63) is 29.8 Å². The highest BCUT2D eigenvalue weighted by Crippen LogP contribution is 2.34. The van der Waals surface area contributed by atoms with Crippen LogP contribution in [0, 0.1) is 5.92 Å². The van der Waals surface area contributed by atoms with E-state index in [0.29, 0.717) is 24.7 Å². The average Bonchev–Trinajstić information content (AvgIpc) is 3.63. The second kappa shape index (κ2) is 14.3. The molecular formula is C29H45N5O5S. The zero-order valence-electron chi connectivity index (χ0n) is 23.7. The Labute approximate surface area is 238 Å². The molecule has 4 rings (SSSR count). The summed E-state index contributed by atoms with van der Waals surface area (Å²) in [6, 6.07) is 6.25. The number of benzene rings is 1. The van der Waals surface area contributed by atoms with Gasteiger partial charge >= 0.3 is 5.97 Å². The maximum atomic E-state index is 13.9. The maximum Gasteiger partial charge on any atom is 0.307 e. The Hall–Kier alpha value is -2.66. The van der Waals surface area contributed by atoms with Crippen LogP contribution in [-0.2, 0) is 24.3 Å². The molecular weight excluding hydrogens is 530 g/mol. The number of hydrazone groups is 1. The molecule has 222 valence electrons. The van der Waals surface area contributed by atoms with E-state index < -0.39 is 16.1 Å². The molecule has 40 heavy (non-hydrogen) atoms. The second-order valence-corrected chi connectivity index (χ2v) is 13.1. The molecule has 0 unspecified atom stereocenters. The Morgan fingerprint density at radius 3 is 2.52 bits per heavy atom. The molecule has 0 bridgehead atoms. The van der Waals surface area contributed by atoms with Gasteiger partial charge in [0.1, 0.15) is 12.4 Å². The lowest BCUT2D eigenvalue weighted by molar-refractivity contribution is -0.144. The number of amides is 1. The van der Waals surface area contributed by atoms with E-state index in [2.05, 4.69) is 14.7 Å². The monoisotopic (exact) mass is 575 g/mol. The first-order chi connectivity index (χ1) is 19.3. The van der Waals surface area contributed by atoms with Crippen LogP contribution in [0.2, 0.25) is 0 Å². The predicted molar refractivity (Wildman–Crippen MR) is 154 cm³/mol. The number of ether oxygens (including phenoxy) is 1. The first kappa shape index (κ1) is 30.3. The summed E-state index contributed by atoms with van der Waals surface area (Å²) in [4.78, 5) is 29.8. The summed E-state index contributed by atoms with van der Waals surface area (Å²) < 4.78 is 34.9. The molecule has 1 heterocycles. The standard InChI is InChI=1S/C29H45N5O5S/c1-2-39-28(35)17-19-34(25-12-13-25)29(36)27(16-9-22-6-5-18-33(20-22)21-31-30)32-40(37,38)26-14-10-24(11-15-26)23-7-3-4-8-23/h10-11,14-15,21-23,25,27,32H,2-9,12-13,16-20,30H2,1H3/t22-,27-/m0/s1. The Morgan fingerprint density at radius 1 is 1.15 bits per heavy atom. The fourth-order valence-electron chi connectivity index (χ4n) is 6.10. The topological polar surface area (TPSA) is 134 Å². The van der Waals surface area contributed by atoms with Crippen LogP contribution in [-0.4, -0.2) is 74.8 Å². The summed E-state index contributed by atoms with van der Waals surface area (Å²) in [5.41, 5.74) is 1.17. The van der Waals surface area contributed by atoms with E-state index in [9.17, 15) is 18.0 Å². The average molecular weight is 576 g/mol. The molecule has 3 N–H and O–H groups in total. The van der Waals surface area contributed by atoms with Gasteiger partial charge in [0, 0.05) is 25.7 Å². The molecule has 1 aromatic carbocycles. The quantitative estimate of drug-likeness (QED) is 0.114. The van der Waals surface area contributed by atoms with Crippen molar-refractivity contribution < 1.29 is 22.7 Å². The number of hydrogen-bond acceptors (Lipinski definition) is 7. The van der Waals surface area contributed by atoms with Crippen molar-refractivity contribution in [1.82, 2.24) is 14.5 Å². The maximum absolute atomic E-state index is 13.9. The van der Waals surface area contributed by atoms with Gasteiger partial charge in [0.15, 0.2) is 0 Å². The smallest absolute Gasteiger partial charge is 0.307 e. The number of esters is 1. The van der Waals surface area contributed by atoms with Gasteiger partial charge < -0.3 is 20.4 Å². The third kappa shape index (κ3) is 8.42. The van der Waals surface area contributed by atoms with E-state index >= 15 is 0 Å². The minimum atomic E-state index is -3.93. The molecule has 3 fully saturated rings. The fraction of sp³-hybridized carbons (Fsp3) is 0.690. The number of rotatable bonds is 14. The Bertz CT molecular complexity index is 1120. The zero-order valence-corrected chi connectivity index (χ0v) is 24.5. The molecule has 0 spiro atoms. The van der Waals surface area contributed by atoms with E-state index in [1.165, 1.54) is 18.4 Å². The first-order valence-corrected chi connectivity index (χ1v) is 16.3. The third-order valence-corrected chi connectivity index (χ3v) is 9.88. The van der Waals surface area contributed by atoms with E-state index in [4.69, 9.17) is 10.6 Å². The molecule has 2 atom stereocenters. The second-order valence-electron chi connectivity index (χ2n) is 11.4. The normalized spacial score (nSPS) is 21.0. The molecule has 3 aliphatic rings. The van der Waals surface area contributed by atoms with Crippen LogP contribution in [0.3, 0.4) is 0 Å². The number of sulfonamides is 1. The van der Waals surface area contributed by atoms with E-state index in [0.717, 1.165) is 51.6 Å². The van der Waals surface area contributed by atoms with Gasteiger partial charge in [-0.05, 0) is 87.8 Å². The van der Waals surface area contributed by atoms with Gasteiger partial charge in [-0.3, -0.25) is 9.59 Å². The summed E-state index contributed by atoms with van der Waals surface area (Å²) in [6.45, 7) is 3.91. The van der Waals surface area contributed by atoms with Crippen molar-refractivity contribution in [2.45, 2.75) is 100 Å². The largest absolute Gasteiger partial charge is 0.466 e. The van der Waals surface area contributed by atoms with Crippen LogP contribution >= 0.6 is 0 Å². The van der Waals surface area contributed by atoms with Crippen LogP contribution in [0.4, 0.5) is 0 Å². The van der Waals surface area contributed by atoms with Crippen molar-refractivity contribution in [1.29, 1.82) is 0 Å². The number of likely N-dealkylation sites (tertiary alicyclic amines) is 1.